The second-order valence-electron chi connectivity index (χ2n) is 7.85. The average Bonchev–Trinajstić information content (AvgIpc) is 2.70. The quantitative estimate of drug-likeness (QED) is 0.895. The summed E-state index contributed by atoms with van der Waals surface area (Å²) in [6.45, 7) is 14.0. The highest BCUT2D eigenvalue weighted by Gasteiger charge is 2.36. The van der Waals surface area contributed by atoms with Crippen LogP contribution in [0, 0.1) is 5.41 Å². The molecule has 1 atom stereocenters. The maximum Gasteiger partial charge on any atom is 0.267 e. The Kier molecular flexibility index (Phi) is 4.22. The predicted octanol–water partition coefficient (Wildman–Crippen LogP) is 2.37. The van der Waals surface area contributed by atoms with Crippen molar-refractivity contribution in [1.29, 1.82) is 0 Å². The van der Waals surface area contributed by atoms with Gasteiger partial charge in [-0.3, -0.25) is 4.79 Å². The van der Waals surface area contributed by atoms with Crippen molar-refractivity contribution >= 4 is 5.91 Å². The van der Waals surface area contributed by atoms with Crippen LogP contribution < -0.4 is 15.8 Å². The van der Waals surface area contributed by atoms with Gasteiger partial charge in [-0.15, -0.1) is 0 Å². The van der Waals surface area contributed by atoms with Gasteiger partial charge in [-0.2, -0.15) is 0 Å². The summed E-state index contributed by atoms with van der Waals surface area (Å²) >= 11 is 0. The maximum absolute atomic E-state index is 11.6. The summed E-state index contributed by atoms with van der Waals surface area (Å²) in [4.78, 5) is 16.0. The zero-order valence-electron chi connectivity index (χ0n) is 14.4. The number of primary amides is 1. The molecule has 2 rings (SSSR count). The largest absolute Gasteiger partial charge is 0.490 e. The lowest BCUT2D eigenvalue weighted by molar-refractivity contribution is 0.0995. The maximum atomic E-state index is 11.6. The molecule has 0 spiro atoms. The van der Waals surface area contributed by atoms with Crippen LogP contribution in [0.5, 0.6) is 5.75 Å². The van der Waals surface area contributed by atoms with Crippen molar-refractivity contribution in [3.63, 3.8) is 0 Å². The number of nitrogens with one attached hydrogen (secondary N) is 1. The highest BCUT2D eigenvalue weighted by Crippen LogP contribution is 2.39. The van der Waals surface area contributed by atoms with Crippen LogP contribution >= 0.6 is 0 Å². The number of nitrogens with two attached hydrogens (primary N) is 1. The molecule has 0 bridgehead atoms. The van der Waals surface area contributed by atoms with E-state index in [2.05, 4.69) is 51.8 Å². The topological polar surface area (TPSA) is 77.2 Å². The Bertz CT molecular complexity index is 588. The van der Waals surface area contributed by atoms with Gasteiger partial charge in [-0.25, -0.2) is 4.98 Å². The number of carbonyl (C=O) groups excluding carboxylic acids is 1. The highest BCUT2D eigenvalue weighted by atomic mass is 16.5. The lowest BCUT2D eigenvalue weighted by Gasteiger charge is -2.28. The molecule has 5 nitrogen and oxygen atoms in total. The Morgan fingerprint density at radius 1 is 1.50 bits per heavy atom. The zero-order chi connectivity index (χ0) is 16.7. The third kappa shape index (κ3) is 3.24. The highest BCUT2D eigenvalue weighted by molar-refractivity contribution is 5.91. The van der Waals surface area contributed by atoms with Gasteiger partial charge in [-0.1, -0.05) is 34.6 Å². The number of amides is 1. The van der Waals surface area contributed by atoms with Crippen molar-refractivity contribution < 1.29 is 9.53 Å². The van der Waals surface area contributed by atoms with E-state index < -0.39 is 5.91 Å². The summed E-state index contributed by atoms with van der Waals surface area (Å²) in [5.74, 6) is 0.291. The molecular formula is C17H27N3O2. The molecule has 1 aromatic heterocycles. The summed E-state index contributed by atoms with van der Waals surface area (Å²) in [5.41, 5.74) is 7.45. The van der Waals surface area contributed by atoms with Gasteiger partial charge in [0, 0.05) is 23.6 Å². The number of carbonyl (C=O) groups is 1. The zero-order valence-corrected chi connectivity index (χ0v) is 14.4. The summed E-state index contributed by atoms with van der Waals surface area (Å²) in [5, 5.41) is 3.50. The fourth-order valence-corrected chi connectivity index (χ4v) is 2.35. The van der Waals surface area contributed by atoms with Crippen LogP contribution in [0.15, 0.2) is 6.07 Å². The van der Waals surface area contributed by atoms with E-state index in [4.69, 9.17) is 10.5 Å². The molecule has 0 aliphatic carbocycles. The molecule has 5 heteroatoms. The number of pyridine rings is 1. The second-order valence-corrected chi connectivity index (χ2v) is 7.85. The first-order valence-corrected chi connectivity index (χ1v) is 7.73. The molecule has 3 N–H and O–H groups in total. The monoisotopic (exact) mass is 305 g/mol. The molecule has 1 aliphatic heterocycles. The number of nitrogens with zero attached hydrogens (tertiary/aromatic N) is 1. The summed E-state index contributed by atoms with van der Waals surface area (Å²) in [6.07, 6.45) is 0. The predicted molar refractivity (Wildman–Crippen MR) is 87.0 cm³/mol. The molecule has 0 unspecified atom stereocenters. The fraction of sp³-hybridized carbons (Fsp3) is 0.647. The van der Waals surface area contributed by atoms with Gasteiger partial charge in [0.1, 0.15) is 11.4 Å². The Hall–Kier alpha value is -1.62. The molecule has 1 amide bonds. The van der Waals surface area contributed by atoms with Gasteiger partial charge in [-0.05, 0) is 18.4 Å². The lowest BCUT2D eigenvalue weighted by Crippen LogP contribution is -2.37. The first-order chi connectivity index (χ1) is 10.0. The minimum Gasteiger partial charge on any atom is -0.490 e. The van der Waals surface area contributed by atoms with Crippen molar-refractivity contribution in [3.05, 3.63) is 23.0 Å². The van der Waals surface area contributed by atoms with E-state index in [9.17, 15) is 4.79 Å². The smallest absolute Gasteiger partial charge is 0.267 e. The van der Waals surface area contributed by atoms with E-state index in [0.29, 0.717) is 24.9 Å². The first kappa shape index (κ1) is 16.7. The molecule has 1 aromatic rings. The number of hydrogen-bond acceptors (Lipinski definition) is 4. The summed E-state index contributed by atoms with van der Waals surface area (Å²) in [6, 6.07) is 2.06. The van der Waals surface area contributed by atoms with Crippen LogP contribution in [0.3, 0.4) is 0 Å². The van der Waals surface area contributed by atoms with Crippen molar-refractivity contribution in [3.8, 4) is 5.75 Å². The number of ether oxygens (including phenoxy) is 1. The van der Waals surface area contributed by atoms with Crippen LogP contribution in [0.2, 0.25) is 0 Å². The number of aromatic nitrogens is 1. The molecule has 122 valence electrons. The standard InChI is InChI=1S/C17H27N3O2/c1-10(16(2,3)4)19-8-11-7-12(15(18)21)20-14-13(11)22-9-17(14,5)6/h7,10,19H,8-9H2,1-6H3,(H2,18,21)/t10-/m0/s1. The van der Waals surface area contributed by atoms with Gasteiger partial charge in [0.05, 0.1) is 12.3 Å². The van der Waals surface area contributed by atoms with Crippen LogP contribution in [0.1, 0.15) is 63.3 Å². The minimum atomic E-state index is -0.504. The van der Waals surface area contributed by atoms with E-state index >= 15 is 0 Å². The Morgan fingerprint density at radius 3 is 2.68 bits per heavy atom. The van der Waals surface area contributed by atoms with E-state index in [1.165, 1.54) is 0 Å². The molecule has 2 heterocycles. The Balaban J connectivity index is 2.34. The lowest BCUT2D eigenvalue weighted by atomic mass is 9.87. The molecular weight excluding hydrogens is 278 g/mol. The van der Waals surface area contributed by atoms with E-state index in [0.717, 1.165) is 17.0 Å². The molecule has 1 aliphatic rings. The third-order valence-corrected chi connectivity index (χ3v) is 4.42. The third-order valence-electron chi connectivity index (χ3n) is 4.42. The minimum absolute atomic E-state index is 0.156. The molecule has 22 heavy (non-hydrogen) atoms. The summed E-state index contributed by atoms with van der Waals surface area (Å²) < 4.78 is 5.84. The molecule has 0 saturated carbocycles. The molecule has 0 fully saturated rings. The normalized spacial score (nSPS) is 17.7. The first-order valence-electron chi connectivity index (χ1n) is 7.73. The average molecular weight is 305 g/mol. The van der Waals surface area contributed by atoms with Crippen LogP contribution in [-0.4, -0.2) is 23.5 Å². The second kappa shape index (κ2) is 5.54. The van der Waals surface area contributed by atoms with Crippen LogP contribution in [0.4, 0.5) is 0 Å². The van der Waals surface area contributed by atoms with E-state index in [1.807, 2.05) is 0 Å². The molecule has 0 radical (unpaired) electrons. The fourth-order valence-electron chi connectivity index (χ4n) is 2.35. The van der Waals surface area contributed by atoms with Gasteiger partial charge in [0.15, 0.2) is 0 Å². The summed E-state index contributed by atoms with van der Waals surface area (Å²) in [7, 11) is 0. The van der Waals surface area contributed by atoms with Crippen molar-refractivity contribution in [2.24, 2.45) is 11.1 Å². The van der Waals surface area contributed by atoms with E-state index in [1.54, 1.807) is 6.07 Å². The number of fused-ring (bicyclic) bond motifs is 1. The van der Waals surface area contributed by atoms with E-state index in [-0.39, 0.29) is 10.8 Å². The van der Waals surface area contributed by atoms with Gasteiger partial charge in [0.25, 0.3) is 5.91 Å². The van der Waals surface area contributed by atoms with Gasteiger partial charge in [0.2, 0.25) is 0 Å². The van der Waals surface area contributed by atoms with Crippen molar-refractivity contribution in [2.45, 2.75) is 59.5 Å². The van der Waals surface area contributed by atoms with Crippen LogP contribution in [0.25, 0.3) is 0 Å². The Morgan fingerprint density at radius 2 is 2.14 bits per heavy atom. The van der Waals surface area contributed by atoms with Gasteiger partial charge < -0.3 is 15.8 Å². The van der Waals surface area contributed by atoms with Crippen LogP contribution in [-0.2, 0) is 12.0 Å². The molecule has 0 saturated heterocycles. The SMILES string of the molecule is C[C@H](NCc1cc(C(N)=O)nc2c1OCC2(C)C)C(C)(C)C. The molecule has 0 aromatic carbocycles. The number of hydrogen-bond donors (Lipinski definition) is 2. The van der Waals surface area contributed by atoms with Crippen molar-refractivity contribution in [1.82, 2.24) is 10.3 Å². The Labute approximate surface area is 132 Å². The van der Waals surface area contributed by atoms with Gasteiger partial charge >= 0.3 is 0 Å². The van der Waals surface area contributed by atoms with Crippen molar-refractivity contribution in [2.75, 3.05) is 6.61 Å². The number of rotatable bonds is 4.